The number of carbonyl (C=O) groups excluding carboxylic acids is 2. The molecular formula is C30H27NO3. The summed E-state index contributed by atoms with van der Waals surface area (Å²) in [6.07, 6.45) is 0. The summed E-state index contributed by atoms with van der Waals surface area (Å²) in [5, 5.41) is 3.39. The molecule has 0 bridgehead atoms. The molecule has 4 nitrogen and oxygen atoms in total. The summed E-state index contributed by atoms with van der Waals surface area (Å²) in [4.78, 5) is 26.1. The van der Waals surface area contributed by atoms with Crippen molar-refractivity contribution < 1.29 is 14.3 Å². The monoisotopic (exact) mass is 449 g/mol. The number of benzene rings is 4. The Balaban J connectivity index is 1.56. The topological polar surface area (TPSA) is 55.4 Å². The van der Waals surface area contributed by atoms with E-state index in [9.17, 15) is 9.59 Å². The number of anilines is 1. The molecule has 0 amide bonds. The fraction of sp³-hybridized carbons (Fsp3) is 0.133. The molecule has 0 saturated carbocycles. The Hall–Kier alpha value is -4.18. The van der Waals surface area contributed by atoms with Crippen LogP contribution in [0.4, 0.5) is 5.69 Å². The van der Waals surface area contributed by atoms with Crippen molar-refractivity contribution in [3.8, 4) is 0 Å². The Labute approximate surface area is 200 Å². The smallest absolute Gasteiger partial charge is 0.313 e. The van der Waals surface area contributed by atoms with Gasteiger partial charge in [0.1, 0.15) is 6.61 Å². The molecule has 1 atom stereocenters. The summed E-state index contributed by atoms with van der Waals surface area (Å²) in [6, 6.07) is 34.3. The number of esters is 1. The lowest BCUT2D eigenvalue weighted by Gasteiger charge is -2.17. The second-order valence-corrected chi connectivity index (χ2v) is 8.15. The van der Waals surface area contributed by atoms with E-state index in [-0.39, 0.29) is 18.4 Å². The highest BCUT2D eigenvalue weighted by Crippen LogP contribution is 2.27. The first-order valence-electron chi connectivity index (χ1n) is 11.3. The molecule has 1 N–H and O–H groups in total. The van der Waals surface area contributed by atoms with Crippen molar-refractivity contribution in [3.05, 3.63) is 137 Å². The lowest BCUT2D eigenvalue weighted by molar-refractivity contribution is -0.146. The van der Waals surface area contributed by atoms with Crippen LogP contribution in [0.25, 0.3) is 0 Å². The molecule has 0 saturated heterocycles. The van der Waals surface area contributed by atoms with E-state index in [4.69, 9.17) is 4.74 Å². The van der Waals surface area contributed by atoms with E-state index in [1.165, 1.54) is 0 Å². The van der Waals surface area contributed by atoms with Gasteiger partial charge < -0.3 is 10.1 Å². The molecule has 34 heavy (non-hydrogen) atoms. The van der Waals surface area contributed by atoms with Gasteiger partial charge in [0.05, 0.1) is 5.92 Å². The molecule has 0 spiro atoms. The number of nitrogens with one attached hydrogen (secondary N) is 1. The molecule has 0 fully saturated rings. The number of carbonyl (C=O) groups is 2. The van der Waals surface area contributed by atoms with Gasteiger partial charge in [-0.15, -0.1) is 0 Å². The van der Waals surface area contributed by atoms with E-state index in [1.807, 2.05) is 91.0 Å². The molecule has 4 aromatic carbocycles. The average Bonchev–Trinajstić information content (AvgIpc) is 2.91. The van der Waals surface area contributed by atoms with Crippen molar-refractivity contribution in [1.29, 1.82) is 0 Å². The minimum atomic E-state index is -0.505. The fourth-order valence-electron chi connectivity index (χ4n) is 3.70. The molecule has 4 heteroatoms. The summed E-state index contributed by atoms with van der Waals surface area (Å²) in [7, 11) is 0. The van der Waals surface area contributed by atoms with E-state index < -0.39 is 5.92 Å². The highest BCUT2D eigenvalue weighted by atomic mass is 16.5. The maximum atomic E-state index is 13.4. The van der Waals surface area contributed by atoms with Crippen LogP contribution < -0.4 is 5.32 Å². The summed E-state index contributed by atoms with van der Waals surface area (Å²) < 4.78 is 5.53. The quantitative estimate of drug-likeness (QED) is 0.238. The van der Waals surface area contributed by atoms with Crippen molar-refractivity contribution in [2.45, 2.75) is 26.0 Å². The molecule has 0 radical (unpaired) electrons. The lowest BCUT2D eigenvalue weighted by Crippen LogP contribution is -2.15. The van der Waals surface area contributed by atoms with Crippen LogP contribution in [0.3, 0.4) is 0 Å². The number of ketones is 1. The van der Waals surface area contributed by atoms with Crippen LogP contribution >= 0.6 is 0 Å². The molecule has 0 aliphatic carbocycles. The van der Waals surface area contributed by atoms with E-state index in [2.05, 4.69) is 5.32 Å². The van der Waals surface area contributed by atoms with Crippen LogP contribution in [-0.4, -0.2) is 11.8 Å². The molecule has 0 aliphatic heterocycles. The second kappa shape index (κ2) is 11.1. The van der Waals surface area contributed by atoms with Gasteiger partial charge in [-0.2, -0.15) is 0 Å². The molecule has 0 aliphatic rings. The number of hydrogen-bond acceptors (Lipinski definition) is 4. The third kappa shape index (κ3) is 5.78. The Morgan fingerprint density at radius 2 is 1.35 bits per heavy atom. The number of hydrogen-bond donors (Lipinski definition) is 1. The van der Waals surface area contributed by atoms with Gasteiger partial charge in [-0.3, -0.25) is 9.59 Å². The van der Waals surface area contributed by atoms with Crippen molar-refractivity contribution in [2.75, 3.05) is 5.32 Å². The first-order valence-corrected chi connectivity index (χ1v) is 11.3. The Bertz CT molecular complexity index is 1240. The average molecular weight is 450 g/mol. The summed E-state index contributed by atoms with van der Waals surface area (Å²) in [6.45, 7) is 2.61. The minimum absolute atomic E-state index is 0.0946. The van der Waals surface area contributed by atoms with E-state index in [0.717, 1.165) is 22.4 Å². The van der Waals surface area contributed by atoms with Crippen molar-refractivity contribution in [3.63, 3.8) is 0 Å². The normalized spacial score (nSPS) is 11.4. The van der Waals surface area contributed by atoms with Gasteiger partial charge in [0.25, 0.3) is 0 Å². The van der Waals surface area contributed by atoms with Gasteiger partial charge >= 0.3 is 5.97 Å². The van der Waals surface area contributed by atoms with Crippen LogP contribution in [-0.2, 0) is 22.7 Å². The Morgan fingerprint density at radius 3 is 2.00 bits per heavy atom. The minimum Gasteiger partial charge on any atom is -0.460 e. The molecule has 0 heterocycles. The third-order valence-electron chi connectivity index (χ3n) is 5.73. The highest BCUT2D eigenvalue weighted by molar-refractivity contribution is 6.12. The molecule has 170 valence electrons. The summed E-state index contributed by atoms with van der Waals surface area (Å²) >= 11 is 0. The molecule has 4 rings (SSSR count). The van der Waals surface area contributed by atoms with Crippen LogP contribution in [0, 0.1) is 0 Å². The van der Waals surface area contributed by atoms with Gasteiger partial charge in [-0.1, -0.05) is 97.1 Å². The standard InChI is InChI=1S/C30H27NO3/c1-22(30(33)34-21-24-13-7-3-8-14-24)26-17-18-28(31-20-23-11-5-2-6-12-23)27(19-26)29(32)25-15-9-4-10-16-25/h2-19,22,31H,20-21H2,1H3. The van der Waals surface area contributed by atoms with Gasteiger partial charge in [0, 0.05) is 23.4 Å². The third-order valence-corrected chi connectivity index (χ3v) is 5.73. The Morgan fingerprint density at radius 1 is 0.765 bits per heavy atom. The highest BCUT2D eigenvalue weighted by Gasteiger charge is 2.21. The second-order valence-electron chi connectivity index (χ2n) is 8.15. The Kier molecular flexibility index (Phi) is 7.51. The van der Waals surface area contributed by atoms with Crippen molar-refractivity contribution in [1.82, 2.24) is 0 Å². The van der Waals surface area contributed by atoms with Crippen LogP contribution in [0.15, 0.2) is 109 Å². The first kappa shape index (κ1) is 23.0. The van der Waals surface area contributed by atoms with E-state index in [1.54, 1.807) is 25.1 Å². The first-order chi connectivity index (χ1) is 16.6. The van der Waals surface area contributed by atoms with Gasteiger partial charge in [-0.25, -0.2) is 0 Å². The maximum absolute atomic E-state index is 13.4. The van der Waals surface area contributed by atoms with Crippen LogP contribution in [0.1, 0.15) is 45.5 Å². The van der Waals surface area contributed by atoms with Crippen LogP contribution in [0.2, 0.25) is 0 Å². The maximum Gasteiger partial charge on any atom is 0.313 e. The number of rotatable bonds is 9. The zero-order valence-electron chi connectivity index (χ0n) is 19.1. The van der Waals surface area contributed by atoms with E-state index >= 15 is 0 Å². The lowest BCUT2D eigenvalue weighted by atomic mass is 9.94. The zero-order valence-corrected chi connectivity index (χ0v) is 19.1. The molecule has 1 unspecified atom stereocenters. The SMILES string of the molecule is CC(C(=O)OCc1ccccc1)c1ccc(NCc2ccccc2)c(C(=O)c2ccccc2)c1. The van der Waals surface area contributed by atoms with Crippen LogP contribution in [0.5, 0.6) is 0 Å². The van der Waals surface area contributed by atoms with Gasteiger partial charge in [0.15, 0.2) is 5.78 Å². The largest absolute Gasteiger partial charge is 0.460 e. The van der Waals surface area contributed by atoms with E-state index in [0.29, 0.717) is 17.7 Å². The molecule has 4 aromatic rings. The fourth-order valence-corrected chi connectivity index (χ4v) is 3.70. The molecule has 0 aromatic heterocycles. The summed E-state index contributed by atoms with van der Waals surface area (Å²) in [5.41, 5.74) is 4.64. The van der Waals surface area contributed by atoms with Gasteiger partial charge in [0.2, 0.25) is 0 Å². The summed E-state index contributed by atoms with van der Waals surface area (Å²) in [5.74, 6) is -0.927. The van der Waals surface area contributed by atoms with Crippen molar-refractivity contribution >= 4 is 17.4 Å². The number of ether oxygens (including phenoxy) is 1. The van der Waals surface area contributed by atoms with Gasteiger partial charge in [-0.05, 0) is 35.7 Å². The zero-order chi connectivity index (χ0) is 23.8. The predicted octanol–water partition coefficient (Wildman–Crippen LogP) is 6.38. The van der Waals surface area contributed by atoms with Crippen molar-refractivity contribution in [2.24, 2.45) is 0 Å². The predicted molar refractivity (Wildman–Crippen MR) is 135 cm³/mol. The molecular weight excluding hydrogens is 422 g/mol.